The minimum absolute atomic E-state index is 0.0641. The van der Waals surface area contributed by atoms with Crippen molar-refractivity contribution in [3.05, 3.63) is 22.4 Å². The van der Waals surface area contributed by atoms with Gasteiger partial charge in [-0.3, -0.25) is 0 Å². The first-order valence-electron chi connectivity index (χ1n) is 5.42. The van der Waals surface area contributed by atoms with E-state index in [0.29, 0.717) is 0 Å². The van der Waals surface area contributed by atoms with Crippen LogP contribution in [0.3, 0.4) is 0 Å². The lowest BCUT2D eigenvalue weighted by Crippen LogP contribution is -2.36. The third-order valence-corrected chi connectivity index (χ3v) is 4.91. The first-order chi connectivity index (χ1) is 8.15. The van der Waals surface area contributed by atoms with E-state index in [9.17, 15) is 12.8 Å². The summed E-state index contributed by atoms with van der Waals surface area (Å²) >= 11 is 2.95. The average molecular weight is 339 g/mol. The summed E-state index contributed by atoms with van der Waals surface area (Å²) in [5, 5.41) is 0. The molecule has 0 spiro atoms. The highest BCUT2D eigenvalue weighted by Crippen LogP contribution is 2.26. The van der Waals surface area contributed by atoms with Gasteiger partial charge in [0.25, 0.3) is 0 Å². The van der Waals surface area contributed by atoms with E-state index in [1.54, 1.807) is 6.92 Å². The fraction of sp³-hybridized carbons (Fsp3) is 0.455. The molecule has 18 heavy (non-hydrogen) atoms. The lowest BCUT2D eigenvalue weighted by Gasteiger charge is -2.18. The lowest BCUT2D eigenvalue weighted by atomic mass is 10.1. The zero-order valence-corrected chi connectivity index (χ0v) is 12.8. The third-order valence-electron chi connectivity index (χ3n) is 2.68. The second kappa shape index (κ2) is 5.54. The van der Waals surface area contributed by atoms with Gasteiger partial charge in [0.15, 0.2) is 0 Å². The van der Waals surface area contributed by atoms with E-state index in [2.05, 4.69) is 20.7 Å². The molecule has 7 heteroatoms. The molecule has 4 nitrogen and oxygen atoms in total. The van der Waals surface area contributed by atoms with Gasteiger partial charge >= 0.3 is 0 Å². The highest BCUT2D eigenvalue weighted by molar-refractivity contribution is 9.10. The van der Waals surface area contributed by atoms with Crippen LogP contribution in [-0.4, -0.2) is 14.5 Å². The van der Waals surface area contributed by atoms with E-state index in [4.69, 9.17) is 5.73 Å². The summed E-state index contributed by atoms with van der Waals surface area (Å²) in [7, 11) is -3.75. The van der Waals surface area contributed by atoms with Gasteiger partial charge in [-0.1, -0.05) is 13.8 Å². The maximum absolute atomic E-state index is 13.2. The molecular formula is C11H16BrFN2O2S. The number of nitrogens with one attached hydrogen (secondary N) is 1. The van der Waals surface area contributed by atoms with Crippen molar-refractivity contribution in [2.75, 3.05) is 5.73 Å². The van der Waals surface area contributed by atoms with E-state index in [1.165, 1.54) is 6.07 Å². The number of halogens is 2. The smallest absolute Gasteiger partial charge is 0.242 e. The highest BCUT2D eigenvalue weighted by Gasteiger charge is 2.22. The molecule has 1 aromatic rings. The van der Waals surface area contributed by atoms with Crippen LogP contribution in [0.5, 0.6) is 0 Å². The second-order valence-electron chi connectivity index (χ2n) is 4.46. The standard InChI is InChI=1S/C11H16BrFN2O2S/c1-6(2)7(3)15-18(16,17)11-4-8(12)9(13)5-10(11)14/h4-7,15H,14H2,1-3H3. The molecule has 3 N–H and O–H groups in total. The van der Waals surface area contributed by atoms with Crippen LogP contribution in [0.2, 0.25) is 0 Å². The SMILES string of the molecule is CC(C)C(C)NS(=O)(=O)c1cc(Br)c(F)cc1N. The van der Waals surface area contributed by atoms with Crippen LogP contribution < -0.4 is 10.5 Å². The quantitative estimate of drug-likeness (QED) is 0.828. The summed E-state index contributed by atoms with van der Waals surface area (Å²) in [6.07, 6.45) is 0. The maximum atomic E-state index is 13.2. The van der Waals surface area contributed by atoms with Gasteiger partial charge in [0, 0.05) is 6.04 Å². The Morgan fingerprint density at radius 1 is 1.33 bits per heavy atom. The highest BCUT2D eigenvalue weighted by atomic mass is 79.9. The monoisotopic (exact) mass is 338 g/mol. The van der Waals surface area contributed by atoms with Crippen LogP contribution in [0.4, 0.5) is 10.1 Å². The Bertz CT molecular complexity index is 546. The van der Waals surface area contributed by atoms with Gasteiger partial charge in [-0.15, -0.1) is 0 Å². The fourth-order valence-electron chi connectivity index (χ4n) is 1.22. The van der Waals surface area contributed by atoms with Crippen molar-refractivity contribution in [3.63, 3.8) is 0 Å². The minimum atomic E-state index is -3.75. The molecule has 0 amide bonds. The van der Waals surface area contributed by atoms with Crippen LogP contribution in [0, 0.1) is 11.7 Å². The van der Waals surface area contributed by atoms with Crippen molar-refractivity contribution in [1.82, 2.24) is 4.72 Å². The largest absolute Gasteiger partial charge is 0.398 e. The van der Waals surface area contributed by atoms with Crippen LogP contribution in [0.15, 0.2) is 21.5 Å². The number of hydrogen-bond donors (Lipinski definition) is 2. The Morgan fingerprint density at radius 3 is 2.39 bits per heavy atom. The molecule has 1 rings (SSSR count). The van der Waals surface area contributed by atoms with Gasteiger partial charge in [-0.05, 0) is 40.9 Å². The molecular weight excluding hydrogens is 323 g/mol. The van der Waals surface area contributed by atoms with Crippen molar-refractivity contribution in [2.45, 2.75) is 31.7 Å². The van der Waals surface area contributed by atoms with Gasteiger partial charge in [0.2, 0.25) is 10.0 Å². The Labute approximate surface area is 115 Å². The Kier molecular flexibility index (Phi) is 4.74. The molecule has 0 fully saturated rings. The molecule has 0 aliphatic carbocycles. The van der Waals surface area contributed by atoms with Gasteiger partial charge in [-0.25, -0.2) is 17.5 Å². The molecule has 0 aliphatic heterocycles. The second-order valence-corrected chi connectivity index (χ2v) is 6.99. The van der Waals surface area contributed by atoms with E-state index in [-0.39, 0.29) is 27.0 Å². The Hall–Kier alpha value is -0.660. The summed E-state index contributed by atoms with van der Waals surface area (Å²) in [4.78, 5) is -0.122. The molecule has 0 heterocycles. The van der Waals surface area contributed by atoms with E-state index in [1.807, 2.05) is 13.8 Å². The number of sulfonamides is 1. The molecule has 1 aromatic carbocycles. The number of rotatable bonds is 4. The molecule has 0 saturated heterocycles. The topological polar surface area (TPSA) is 72.2 Å². The number of hydrogen-bond acceptors (Lipinski definition) is 3. The minimum Gasteiger partial charge on any atom is -0.398 e. The molecule has 0 bridgehead atoms. The van der Waals surface area contributed by atoms with E-state index >= 15 is 0 Å². The molecule has 0 radical (unpaired) electrons. The van der Waals surface area contributed by atoms with Crippen molar-refractivity contribution in [1.29, 1.82) is 0 Å². The summed E-state index contributed by atoms with van der Waals surface area (Å²) in [5.74, 6) is -0.451. The predicted octanol–water partition coefficient (Wildman–Crippen LogP) is 2.49. The lowest BCUT2D eigenvalue weighted by molar-refractivity contribution is 0.476. The van der Waals surface area contributed by atoms with Crippen molar-refractivity contribution >= 4 is 31.6 Å². The fourth-order valence-corrected chi connectivity index (χ4v) is 3.25. The van der Waals surface area contributed by atoms with E-state index < -0.39 is 15.8 Å². The normalized spacial score (nSPS) is 13.9. The number of nitrogens with two attached hydrogens (primary N) is 1. The molecule has 1 atom stereocenters. The first-order valence-corrected chi connectivity index (χ1v) is 7.69. The molecule has 0 aromatic heterocycles. The van der Waals surface area contributed by atoms with Crippen LogP contribution >= 0.6 is 15.9 Å². The zero-order chi connectivity index (χ0) is 14.1. The number of nitrogen functional groups attached to an aromatic ring is 1. The Morgan fingerprint density at radius 2 is 1.89 bits per heavy atom. The van der Waals surface area contributed by atoms with Gasteiger partial charge < -0.3 is 5.73 Å². The molecule has 102 valence electrons. The van der Waals surface area contributed by atoms with Gasteiger partial charge in [0.05, 0.1) is 10.2 Å². The first kappa shape index (κ1) is 15.4. The van der Waals surface area contributed by atoms with Crippen molar-refractivity contribution in [2.24, 2.45) is 5.92 Å². The number of benzene rings is 1. The summed E-state index contributed by atoms with van der Waals surface area (Å²) in [6.45, 7) is 5.56. The number of anilines is 1. The van der Waals surface area contributed by atoms with Crippen LogP contribution in [0.25, 0.3) is 0 Å². The summed E-state index contributed by atoms with van der Waals surface area (Å²) < 4.78 is 40.0. The van der Waals surface area contributed by atoms with Crippen LogP contribution in [-0.2, 0) is 10.0 Å². The van der Waals surface area contributed by atoms with Crippen LogP contribution in [0.1, 0.15) is 20.8 Å². The maximum Gasteiger partial charge on any atom is 0.242 e. The van der Waals surface area contributed by atoms with Crippen molar-refractivity contribution in [3.8, 4) is 0 Å². The summed E-state index contributed by atoms with van der Waals surface area (Å²) in [6, 6.07) is 1.91. The average Bonchev–Trinajstić information content (AvgIpc) is 2.22. The summed E-state index contributed by atoms with van der Waals surface area (Å²) in [5.41, 5.74) is 5.44. The van der Waals surface area contributed by atoms with E-state index in [0.717, 1.165) is 6.07 Å². The van der Waals surface area contributed by atoms with Crippen molar-refractivity contribution < 1.29 is 12.8 Å². The third kappa shape index (κ3) is 3.43. The van der Waals surface area contributed by atoms with Gasteiger partial charge in [0.1, 0.15) is 10.7 Å². The van der Waals surface area contributed by atoms with Gasteiger partial charge in [-0.2, -0.15) is 0 Å². The Balaban J connectivity index is 3.17. The zero-order valence-electron chi connectivity index (χ0n) is 10.4. The molecule has 1 unspecified atom stereocenters. The predicted molar refractivity (Wildman–Crippen MR) is 73.1 cm³/mol. The molecule has 0 saturated carbocycles. The molecule has 0 aliphatic rings.